The summed E-state index contributed by atoms with van der Waals surface area (Å²) >= 11 is 0. The van der Waals surface area contributed by atoms with E-state index in [4.69, 9.17) is 5.73 Å². The Balaban J connectivity index is 1.81. The fourth-order valence-electron chi connectivity index (χ4n) is 1.94. The van der Waals surface area contributed by atoms with E-state index in [1.807, 2.05) is 11.0 Å². The van der Waals surface area contributed by atoms with Crippen LogP contribution in [0.5, 0.6) is 0 Å². The number of nitrogens with zero attached hydrogens (tertiary/aromatic N) is 2. The second-order valence-corrected chi connectivity index (χ2v) is 4.27. The maximum atomic E-state index is 11.9. The van der Waals surface area contributed by atoms with Gasteiger partial charge in [0.05, 0.1) is 18.4 Å². The van der Waals surface area contributed by atoms with Crippen molar-refractivity contribution in [3.05, 3.63) is 18.3 Å². The first-order valence-electron chi connectivity index (χ1n) is 5.99. The molecule has 2 rings (SSSR count). The first kappa shape index (κ1) is 11.7. The summed E-state index contributed by atoms with van der Waals surface area (Å²) in [5, 5.41) is 3.06. The third-order valence-corrected chi connectivity index (χ3v) is 2.94. The zero-order chi connectivity index (χ0) is 12.1. The monoisotopic (exact) mass is 234 g/mol. The molecule has 1 aromatic rings. The van der Waals surface area contributed by atoms with Gasteiger partial charge in [-0.15, -0.1) is 0 Å². The normalized spacial score (nSPS) is 15.6. The molecule has 1 saturated heterocycles. The third-order valence-electron chi connectivity index (χ3n) is 2.94. The number of likely N-dealkylation sites (tertiary alicyclic amines) is 1. The van der Waals surface area contributed by atoms with Gasteiger partial charge in [0.15, 0.2) is 0 Å². The fourth-order valence-corrected chi connectivity index (χ4v) is 1.94. The van der Waals surface area contributed by atoms with Crippen LogP contribution >= 0.6 is 0 Å². The molecule has 0 spiro atoms. The summed E-state index contributed by atoms with van der Waals surface area (Å²) in [5.74, 6) is 0.638. The summed E-state index contributed by atoms with van der Waals surface area (Å²) in [7, 11) is 0. The quantitative estimate of drug-likeness (QED) is 0.821. The summed E-state index contributed by atoms with van der Waals surface area (Å²) in [6, 6.07) is 3.54. The van der Waals surface area contributed by atoms with E-state index in [0.717, 1.165) is 31.6 Å². The highest BCUT2D eigenvalue weighted by atomic mass is 16.2. The van der Waals surface area contributed by atoms with Crippen molar-refractivity contribution >= 4 is 17.4 Å². The number of carbonyl (C=O) groups is 1. The van der Waals surface area contributed by atoms with E-state index in [0.29, 0.717) is 12.4 Å². The molecule has 0 aromatic carbocycles. The zero-order valence-corrected chi connectivity index (χ0v) is 9.85. The van der Waals surface area contributed by atoms with Crippen LogP contribution in [0.25, 0.3) is 0 Å². The van der Waals surface area contributed by atoms with Gasteiger partial charge < -0.3 is 16.0 Å². The van der Waals surface area contributed by atoms with Crippen molar-refractivity contribution in [3.8, 4) is 0 Å². The van der Waals surface area contributed by atoms with Gasteiger partial charge in [0.2, 0.25) is 5.91 Å². The Kier molecular flexibility index (Phi) is 3.80. The number of hydrogen-bond acceptors (Lipinski definition) is 4. The lowest BCUT2D eigenvalue weighted by Gasteiger charge is -2.26. The second kappa shape index (κ2) is 5.52. The van der Waals surface area contributed by atoms with Gasteiger partial charge in [-0.2, -0.15) is 0 Å². The topological polar surface area (TPSA) is 71.2 Å². The Labute approximate surface area is 101 Å². The smallest absolute Gasteiger partial charge is 0.241 e. The Hall–Kier alpha value is -1.78. The molecule has 92 valence electrons. The van der Waals surface area contributed by atoms with Crippen molar-refractivity contribution in [3.63, 3.8) is 0 Å². The van der Waals surface area contributed by atoms with Crippen LogP contribution in [0, 0.1) is 0 Å². The van der Waals surface area contributed by atoms with E-state index in [9.17, 15) is 4.79 Å². The summed E-state index contributed by atoms with van der Waals surface area (Å²) in [5.41, 5.74) is 6.31. The van der Waals surface area contributed by atoms with Gasteiger partial charge in [0, 0.05) is 13.1 Å². The molecule has 0 bridgehead atoms. The summed E-state index contributed by atoms with van der Waals surface area (Å²) in [6.07, 6.45) is 5.11. The first-order valence-corrected chi connectivity index (χ1v) is 5.99. The molecule has 1 aliphatic heterocycles. The lowest BCUT2D eigenvalue weighted by atomic mass is 10.1. The molecule has 1 aliphatic rings. The van der Waals surface area contributed by atoms with Crippen molar-refractivity contribution in [2.24, 2.45) is 0 Å². The summed E-state index contributed by atoms with van der Waals surface area (Å²) in [4.78, 5) is 17.7. The van der Waals surface area contributed by atoms with Gasteiger partial charge in [0.25, 0.3) is 0 Å². The van der Waals surface area contributed by atoms with Gasteiger partial charge in [-0.3, -0.25) is 4.79 Å². The molecule has 0 radical (unpaired) electrons. The molecule has 0 atom stereocenters. The van der Waals surface area contributed by atoms with Crippen LogP contribution in [-0.4, -0.2) is 35.4 Å². The summed E-state index contributed by atoms with van der Waals surface area (Å²) < 4.78 is 0. The van der Waals surface area contributed by atoms with Gasteiger partial charge in [0.1, 0.15) is 5.82 Å². The van der Waals surface area contributed by atoms with Gasteiger partial charge in [-0.1, -0.05) is 0 Å². The number of hydrogen-bond donors (Lipinski definition) is 2. The zero-order valence-electron chi connectivity index (χ0n) is 9.85. The predicted octanol–water partition coefficient (Wildman–Crippen LogP) is 1.09. The second-order valence-electron chi connectivity index (χ2n) is 4.27. The number of nitrogens with one attached hydrogen (secondary N) is 1. The molecule has 1 amide bonds. The number of carbonyl (C=O) groups excluding carboxylic acids is 1. The summed E-state index contributed by atoms with van der Waals surface area (Å²) in [6.45, 7) is 2.10. The molecule has 1 fully saturated rings. The standard InChI is InChI=1S/C12H18N4O/c13-11-5-4-10(8-15-11)14-9-12(17)16-6-2-1-3-7-16/h4-5,8,14H,1-3,6-7,9H2,(H2,13,15). The van der Waals surface area contributed by atoms with E-state index in [1.165, 1.54) is 6.42 Å². The van der Waals surface area contributed by atoms with Crippen molar-refractivity contribution in [1.29, 1.82) is 0 Å². The number of piperidine rings is 1. The molecular formula is C12H18N4O. The minimum atomic E-state index is 0.154. The molecule has 5 nitrogen and oxygen atoms in total. The Morgan fingerprint density at radius 1 is 1.35 bits per heavy atom. The maximum absolute atomic E-state index is 11.9. The Morgan fingerprint density at radius 2 is 2.12 bits per heavy atom. The fraction of sp³-hybridized carbons (Fsp3) is 0.500. The number of aromatic nitrogens is 1. The van der Waals surface area contributed by atoms with Crippen LogP contribution in [0.2, 0.25) is 0 Å². The van der Waals surface area contributed by atoms with Crippen LogP contribution in [0.15, 0.2) is 18.3 Å². The molecule has 5 heteroatoms. The highest BCUT2D eigenvalue weighted by Gasteiger charge is 2.15. The van der Waals surface area contributed by atoms with Gasteiger partial charge in [-0.25, -0.2) is 4.98 Å². The van der Waals surface area contributed by atoms with Crippen molar-refractivity contribution in [2.75, 3.05) is 30.7 Å². The van der Waals surface area contributed by atoms with E-state index < -0.39 is 0 Å². The predicted molar refractivity (Wildman–Crippen MR) is 67.6 cm³/mol. The minimum absolute atomic E-state index is 0.154. The van der Waals surface area contributed by atoms with E-state index >= 15 is 0 Å². The van der Waals surface area contributed by atoms with Crippen molar-refractivity contribution in [2.45, 2.75) is 19.3 Å². The molecule has 2 heterocycles. The molecule has 0 unspecified atom stereocenters. The lowest BCUT2D eigenvalue weighted by molar-refractivity contribution is -0.130. The number of nitrogen functional groups attached to an aromatic ring is 1. The van der Waals surface area contributed by atoms with Gasteiger partial charge in [-0.05, 0) is 31.4 Å². The number of rotatable bonds is 3. The lowest BCUT2D eigenvalue weighted by Crippen LogP contribution is -2.39. The largest absolute Gasteiger partial charge is 0.384 e. The Morgan fingerprint density at radius 3 is 2.76 bits per heavy atom. The van der Waals surface area contributed by atoms with E-state index in [2.05, 4.69) is 10.3 Å². The van der Waals surface area contributed by atoms with Crippen LogP contribution in [0.1, 0.15) is 19.3 Å². The van der Waals surface area contributed by atoms with E-state index in [1.54, 1.807) is 12.3 Å². The van der Waals surface area contributed by atoms with Crippen LogP contribution in [-0.2, 0) is 4.79 Å². The molecule has 0 saturated carbocycles. The van der Waals surface area contributed by atoms with Crippen molar-refractivity contribution < 1.29 is 4.79 Å². The molecular weight excluding hydrogens is 216 g/mol. The van der Waals surface area contributed by atoms with Gasteiger partial charge >= 0.3 is 0 Å². The maximum Gasteiger partial charge on any atom is 0.241 e. The average Bonchev–Trinajstić information content (AvgIpc) is 2.39. The molecule has 3 N–H and O–H groups in total. The minimum Gasteiger partial charge on any atom is -0.384 e. The number of nitrogens with two attached hydrogens (primary N) is 1. The average molecular weight is 234 g/mol. The molecule has 1 aromatic heterocycles. The van der Waals surface area contributed by atoms with Crippen molar-refractivity contribution in [1.82, 2.24) is 9.88 Å². The Bertz CT molecular complexity index is 371. The molecule has 17 heavy (non-hydrogen) atoms. The number of anilines is 2. The SMILES string of the molecule is Nc1ccc(NCC(=O)N2CCCCC2)cn1. The van der Waals surface area contributed by atoms with Crippen LogP contribution in [0.3, 0.4) is 0 Å². The third kappa shape index (κ3) is 3.34. The first-order chi connectivity index (χ1) is 8.25. The van der Waals surface area contributed by atoms with Crippen LogP contribution in [0.4, 0.5) is 11.5 Å². The highest BCUT2D eigenvalue weighted by Crippen LogP contribution is 2.10. The van der Waals surface area contributed by atoms with Crippen LogP contribution < -0.4 is 11.1 Å². The number of amides is 1. The van der Waals surface area contributed by atoms with E-state index in [-0.39, 0.29) is 5.91 Å². The molecule has 0 aliphatic carbocycles. The highest BCUT2D eigenvalue weighted by molar-refractivity contribution is 5.80. The number of pyridine rings is 1.